The molecule has 0 spiro atoms. The van der Waals surface area contributed by atoms with Gasteiger partial charge in [0.05, 0.1) is 30.1 Å². The van der Waals surface area contributed by atoms with Gasteiger partial charge in [0.2, 0.25) is 0 Å². The Morgan fingerprint density at radius 1 is 1.07 bits per heavy atom. The summed E-state index contributed by atoms with van der Waals surface area (Å²) in [6.45, 7) is 7.17. The van der Waals surface area contributed by atoms with Gasteiger partial charge < -0.3 is 19.1 Å². The maximum Gasteiger partial charge on any atom is 0.410 e. The van der Waals surface area contributed by atoms with Gasteiger partial charge in [-0.15, -0.1) is 0 Å². The first-order valence-corrected chi connectivity index (χ1v) is 10.2. The Kier molecular flexibility index (Phi) is 6.94. The zero-order valence-electron chi connectivity index (χ0n) is 16.7. The summed E-state index contributed by atoms with van der Waals surface area (Å²) in [6, 6.07) is 3.91. The molecule has 2 fully saturated rings. The fraction of sp³-hybridized carbons (Fsp3) is 0.714. The Morgan fingerprint density at radius 2 is 1.70 bits per heavy atom. The monoisotopic (exact) mass is 376 g/mol. The Bertz CT molecular complexity index is 606. The average molecular weight is 376 g/mol. The van der Waals surface area contributed by atoms with Crippen LogP contribution in [0.3, 0.4) is 0 Å². The number of aryl methyl sites for hydroxylation is 1. The van der Waals surface area contributed by atoms with E-state index in [1.54, 1.807) is 11.1 Å². The summed E-state index contributed by atoms with van der Waals surface area (Å²) >= 11 is 0. The third-order valence-corrected chi connectivity index (χ3v) is 5.29. The van der Waals surface area contributed by atoms with Gasteiger partial charge in [-0.25, -0.2) is 4.79 Å². The zero-order valence-corrected chi connectivity index (χ0v) is 16.7. The average Bonchev–Trinajstić information content (AvgIpc) is 2.65. The molecule has 150 valence electrons. The molecule has 2 aliphatic rings. The number of amides is 1. The molecule has 27 heavy (non-hydrogen) atoms. The maximum atomic E-state index is 12.0. The minimum absolute atomic E-state index is 0.0701. The molecule has 1 saturated carbocycles. The number of aromatic nitrogens is 1. The Labute approximate surface area is 162 Å². The highest BCUT2D eigenvalue weighted by atomic mass is 16.6. The van der Waals surface area contributed by atoms with Gasteiger partial charge >= 0.3 is 6.09 Å². The van der Waals surface area contributed by atoms with Gasteiger partial charge in [0.25, 0.3) is 0 Å². The molecule has 6 nitrogen and oxygen atoms in total. The van der Waals surface area contributed by atoms with Crippen molar-refractivity contribution in [1.29, 1.82) is 0 Å². The Morgan fingerprint density at radius 3 is 2.33 bits per heavy atom. The highest BCUT2D eigenvalue weighted by Gasteiger charge is 2.29. The number of piperidine rings is 1. The number of carbonyl (C=O) groups is 1. The van der Waals surface area contributed by atoms with E-state index in [2.05, 4.69) is 4.98 Å². The second kappa shape index (κ2) is 9.40. The molecule has 1 aliphatic carbocycles. The van der Waals surface area contributed by atoms with E-state index in [0.717, 1.165) is 63.1 Å². The molecule has 0 radical (unpaired) electrons. The molecule has 0 unspecified atom stereocenters. The van der Waals surface area contributed by atoms with Gasteiger partial charge in [0, 0.05) is 19.3 Å². The zero-order chi connectivity index (χ0) is 19.2. The molecule has 0 N–H and O–H groups in total. The van der Waals surface area contributed by atoms with Crippen molar-refractivity contribution >= 4 is 6.09 Å². The summed E-state index contributed by atoms with van der Waals surface area (Å²) in [5, 5.41) is 0. The lowest BCUT2D eigenvalue weighted by Gasteiger charge is -2.36. The molecule has 0 bridgehead atoms. The summed E-state index contributed by atoms with van der Waals surface area (Å²) in [7, 11) is 0. The molecule has 1 amide bonds. The summed E-state index contributed by atoms with van der Waals surface area (Å²) in [4.78, 5) is 18.0. The van der Waals surface area contributed by atoms with Gasteiger partial charge in [-0.2, -0.15) is 0 Å². The van der Waals surface area contributed by atoms with E-state index < -0.39 is 0 Å². The van der Waals surface area contributed by atoms with Crippen molar-refractivity contribution in [2.24, 2.45) is 0 Å². The number of pyridine rings is 1. The van der Waals surface area contributed by atoms with Crippen molar-refractivity contribution in [3.05, 3.63) is 24.0 Å². The van der Waals surface area contributed by atoms with Crippen LogP contribution in [0.2, 0.25) is 0 Å². The minimum atomic E-state index is -0.202. The van der Waals surface area contributed by atoms with E-state index in [4.69, 9.17) is 14.2 Å². The molecule has 0 aromatic carbocycles. The van der Waals surface area contributed by atoms with Crippen LogP contribution in [-0.2, 0) is 9.47 Å². The summed E-state index contributed by atoms with van der Waals surface area (Å²) < 4.78 is 17.7. The Hall–Kier alpha value is -1.82. The fourth-order valence-electron chi connectivity index (χ4n) is 3.78. The quantitative estimate of drug-likeness (QED) is 0.774. The van der Waals surface area contributed by atoms with Crippen molar-refractivity contribution in [2.75, 3.05) is 13.1 Å². The van der Waals surface area contributed by atoms with Crippen LogP contribution in [0.25, 0.3) is 0 Å². The van der Waals surface area contributed by atoms with Gasteiger partial charge in [0.15, 0.2) is 0 Å². The van der Waals surface area contributed by atoms with E-state index in [0.29, 0.717) is 6.10 Å². The second-order valence-corrected chi connectivity index (χ2v) is 7.86. The largest absolute Gasteiger partial charge is 0.489 e. The lowest BCUT2D eigenvalue weighted by molar-refractivity contribution is -0.0657. The van der Waals surface area contributed by atoms with Crippen molar-refractivity contribution in [1.82, 2.24) is 9.88 Å². The van der Waals surface area contributed by atoms with Crippen molar-refractivity contribution in [3.8, 4) is 5.75 Å². The minimum Gasteiger partial charge on any atom is -0.489 e. The SMILES string of the molecule is Cc1ncccc1O[C@H]1CC[C@H](OC2CCN(C(=O)OC(C)C)CC2)CC1. The smallest absolute Gasteiger partial charge is 0.410 e. The Balaban J connectivity index is 1.36. The fourth-order valence-corrected chi connectivity index (χ4v) is 3.78. The number of carbonyl (C=O) groups excluding carboxylic acids is 1. The van der Waals surface area contributed by atoms with Crippen molar-refractivity contribution < 1.29 is 19.0 Å². The van der Waals surface area contributed by atoms with Crippen LogP contribution in [0.1, 0.15) is 58.1 Å². The standard InChI is InChI=1S/C21H32N2O4/c1-15(2)25-21(24)23-13-10-19(11-14-23)26-17-6-8-18(9-7-17)27-20-5-4-12-22-16(20)3/h4-5,12,15,17-19H,6-11,13-14H2,1-3H3/t17-,18-. The number of nitrogens with zero attached hydrogens (tertiary/aromatic N) is 2. The molecular formula is C21H32N2O4. The third-order valence-electron chi connectivity index (χ3n) is 5.29. The van der Waals surface area contributed by atoms with Crippen molar-refractivity contribution in [3.63, 3.8) is 0 Å². The third kappa shape index (κ3) is 5.83. The van der Waals surface area contributed by atoms with E-state index in [-0.39, 0.29) is 24.4 Å². The number of ether oxygens (including phenoxy) is 3. The predicted molar refractivity (Wildman–Crippen MR) is 103 cm³/mol. The van der Waals surface area contributed by atoms with Gasteiger partial charge in [0.1, 0.15) is 5.75 Å². The van der Waals surface area contributed by atoms with Gasteiger partial charge in [-0.3, -0.25) is 4.98 Å². The highest BCUT2D eigenvalue weighted by molar-refractivity contribution is 5.67. The summed E-state index contributed by atoms with van der Waals surface area (Å²) in [5.41, 5.74) is 0.943. The number of hydrogen-bond donors (Lipinski definition) is 0. The van der Waals surface area contributed by atoms with Crippen LogP contribution in [0.4, 0.5) is 4.79 Å². The molecular weight excluding hydrogens is 344 g/mol. The summed E-state index contributed by atoms with van der Waals surface area (Å²) in [6.07, 6.45) is 8.18. The highest BCUT2D eigenvalue weighted by Crippen LogP contribution is 2.28. The molecule has 1 saturated heterocycles. The lowest BCUT2D eigenvalue weighted by Crippen LogP contribution is -2.43. The maximum absolute atomic E-state index is 12.0. The summed E-state index contributed by atoms with van der Waals surface area (Å²) in [5.74, 6) is 0.891. The number of likely N-dealkylation sites (tertiary alicyclic amines) is 1. The second-order valence-electron chi connectivity index (χ2n) is 7.86. The first-order valence-electron chi connectivity index (χ1n) is 10.2. The van der Waals surface area contributed by atoms with E-state index in [1.807, 2.05) is 32.9 Å². The van der Waals surface area contributed by atoms with E-state index in [9.17, 15) is 4.79 Å². The molecule has 1 aromatic rings. The number of rotatable bonds is 5. The van der Waals surface area contributed by atoms with Gasteiger partial charge in [-0.05, 0) is 71.4 Å². The molecule has 2 heterocycles. The molecule has 0 atom stereocenters. The van der Waals surface area contributed by atoms with E-state index >= 15 is 0 Å². The van der Waals surface area contributed by atoms with Crippen LogP contribution in [0.15, 0.2) is 18.3 Å². The first kappa shape index (κ1) is 19.9. The molecule has 3 rings (SSSR count). The van der Waals surface area contributed by atoms with Crippen LogP contribution in [0, 0.1) is 6.92 Å². The predicted octanol–water partition coefficient (Wildman–Crippen LogP) is 4.11. The number of hydrogen-bond acceptors (Lipinski definition) is 5. The topological polar surface area (TPSA) is 60.9 Å². The molecule has 6 heteroatoms. The van der Waals surface area contributed by atoms with Crippen LogP contribution in [-0.4, -0.2) is 53.5 Å². The van der Waals surface area contributed by atoms with Crippen LogP contribution >= 0.6 is 0 Å². The lowest BCUT2D eigenvalue weighted by atomic mass is 9.94. The van der Waals surface area contributed by atoms with Crippen LogP contribution in [0.5, 0.6) is 5.75 Å². The van der Waals surface area contributed by atoms with Gasteiger partial charge in [-0.1, -0.05) is 0 Å². The first-order chi connectivity index (χ1) is 13.0. The normalized spacial score (nSPS) is 24.1. The molecule has 1 aliphatic heterocycles. The van der Waals surface area contributed by atoms with Crippen LogP contribution < -0.4 is 4.74 Å². The van der Waals surface area contributed by atoms with E-state index in [1.165, 1.54) is 0 Å². The molecule has 1 aromatic heterocycles. The van der Waals surface area contributed by atoms with Crippen molar-refractivity contribution in [2.45, 2.75) is 83.7 Å².